The Kier molecular flexibility index (Phi) is 6.41. The number of fused-ring (bicyclic) bond motifs is 1. The monoisotopic (exact) mass is 458 g/mol. The molecule has 1 aliphatic rings. The lowest BCUT2D eigenvalue weighted by Gasteiger charge is -2.26. The first-order valence-corrected chi connectivity index (χ1v) is 12.1. The van der Waals surface area contributed by atoms with E-state index in [1.165, 1.54) is 11.1 Å². The van der Waals surface area contributed by atoms with Gasteiger partial charge < -0.3 is 14.2 Å². The first kappa shape index (κ1) is 21.7. The van der Waals surface area contributed by atoms with E-state index in [1.54, 1.807) is 18.0 Å². The molecule has 7 heteroatoms. The quantitative estimate of drug-likeness (QED) is 0.397. The van der Waals surface area contributed by atoms with Gasteiger partial charge in [-0.2, -0.15) is 0 Å². The van der Waals surface area contributed by atoms with Crippen molar-refractivity contribution in [3.8, 4) is 0 Å². The minimum absolute atomic E-state index is 0.0662. The zero-order chi connectivity index (χ0) is 22.6. The molecule has 2 aromatic carbocycles. The molecule has 168 valence electrons. The summed E-state index contributed by atoms with van der Waals surface area (Å²) in [6.07, 6.45) is 3.65. The number of amides is 1. The third-order valence-electron chi connectivity index (χ3n) is 5.81. The van der Waals surface area contributed by atoms with Crippen LogP contribution in [0.25, 0.3) is 11.0 Å². The fraction of sp³-hybridized carbons (Fsp3) is 0.269. The van der Waals surface area contributed by atoms with Gasteiger partial charge in [0.25, 0.3) is 5.91 Å². The van der Waals surface area contributed by atoms with Crippen molar-refractivity contribution in [2.45, 2.75) is 24.4 Å². The summed E-state index contributed by atoms with van der Waals surface area (Å²) < 4.78 is 7.56. The smallest absolute Gasteiger partial charge is 0.254 e. The fourth-order valence-electron chi connectivity index (χ4n) is 4.04. The molecule has 1 fully saturated rings. The molecule has 0 bridgehead atoms. The zero-order valence-electron chi connectivity index (χ0n) is 18.6. The summed E-state index contributed by atoms with van der Waals surface area (Å²) in [5, 5.41) is 0.966. The molecule has 3 heterocycles. The van der Waals surface area contributed by atoms with Crippen molar-refractivity contribution in [1.82, 2.24) is 19.4 Å². The lowest BCUT2D eigenvalue weighted by atomic mass is 10.1. The van der Waals surface area contributed by atoms with E-state index in [-0.39, 0.29) is 5.91 Å². The number of carbonyl (C=O) groups excluding carboxylic acids is 1. The van der Waals surface area contributed by atoms with Crippen molar-refractivity contribution in [2.24, 2.45) is 0 Å². The summed E-state index contributed by atoms with van der Waals surface area (Å²) in [7, 11) is 0. The van der Waals surface area contributed by atoms with Crippen molar-refractivity contribution in [3.63, 3.8) is 0 Å². The molecule has 6 nitrogen and oxygen atoms in total. The van der Waals surface area contributed by atoms with Crippen molar-refractivity contribution in [3.05, 3.63) is 89.2 Å². The highest BCUT2D eigenvalue weighted by molar-refractivity contribution is 7.98. The highest BCUT2D eigenvalue weighted by Gasteiger charge is 2.18. The number of nitrogens with zero attached hydrogens (tertiary/aromatic N) is 4. The number of rotatable bonds is 6. The second kappa shape index (κ2) is 9.77. The van der Waals surface area contributed by atoms with Gasteiger partial charge >= 0.3 is 0 Å². The van der Waals surface area contributed by atoms with Crippen LogP contribution in [0.3, 0.4) is 0 Å². The molecule has 0 unspecified atom stereocenters. The molecule has 2 aromatic heterocycles. The van der Waals surface area contributed by atoms with Crippen LogP contribution in [0.15, 0.2) is 72.1 Å². The van der Waals surface area contributed by atoms with Gasteiger partial charge in [0, 0.05) is 30.6 Å². The number of aromatic nitrogens is 3. The number of thioether (sulfide) groups is 1. The molecule has 0 spiro atoms. The molecule has 0 atom stereocenters. The van der Waals surface area contributed by atoms with Crippen molar-refractivity contribution >= 4 is 28.7 Å². The second-order valence-corrected chi connectivity index (χ2v) is 9.17. The Morgan fingerprint density at radius 2 is 1.88 bits per heavy atom. The van der Waals surface area contributed by atoms with Gasteiger partial charge in [0.2, 0.25) is 0 Å². The molecule has 1 saturated heterocycles. The van der Waals surface area contributed by atoms with Crippen LogP contribution in [0.5, 0.6) is 0 Å². The third kappa shape index (κ3) is 4.94. The highest BCUT2D eigenvalue weighted by atomic mass is 32.2. The third-order valence-corrected chi connectivity index (χ3v) is 6.85. The van der Waals surface area contributed by atoms with Crippen LogP contribution in [0.2, 0.25) is 0 Å². The van der Waals surface area contributed by atoms with E-state index >= 15 is 0 Å². The normalized spacial score (nSPS) is 14.0. The number of pyridine rings is 1. The molecule has 0 aliphatic carbocycles. The topological polar surface area (TPSA) is 60.2 Å². The van der Waals surface area contributed by atoms with Gasteiger partial charge in [-0.05, 0) is 36.2 Å². The second-order valence-electron chi connectivity index (χ2n) is 8.22. The minimum Gasteiger partial charge on any atom is -0.378 e. The number of carbonyl (C=O) groups is 1. The molecule has 0 saturated carbocycles. The summed E-state index contributed by atoms with van der Waals surface area (Å²) in [4.78, 5) is 23.8. The number of imidazole rings is 1. The van der Waals surface area contributed by atoms with Gasteiger partial charge in [-0.1, -0.05) is 53.7 Å². The first-order valence-electron chi connectivity index (χ1n) is 11.1. The maximum absolute atomic E-state index is 12.7. The Hall–Kier alpha value is -3.16. The maximum Gasteiger partial charge on any atom is 0.254 e. The Bertz CT molecular complexity index is 1260. The fourth-order valence-corrected chi connectivity index (χ4v) is 5.00. The van der Waals surface area contributed by atoms with Gasteiger partial charge in [-0.3, -0.25) is 9.78 Å². The van der Waals surface area contributed by atoms with Crippen LogP contribution >= 0.6 is 11.8 Å². The van der Waals surface area contributed by atoms with Crippen LogP contribution in [0.4, 0.5) is 0 Å². The van der Waals surface area contributed by atoms with Crippen molar-refractivity contribution in [2.75, 3.05) is 26.3 Å². The number of morpholine rings is 1. The van der Waals surface area contributed by atoms with Crippen LogP contribution in [-0.4, -0.2) is 51.6 Å². The number of hydrogen-bond donors (Lipinski definition) is 0. The lowest BCUT2D eigenvalue weighted by Crippen LogP contribution is -2.40. The van der Waals surface area contributed by atoms with E-state index in [0.717, 1.165) is 27.5 Å². The minimum atomic E-state index is 0.0662. The van der Waals surface area contributed by atoms with Gasteiger partial charge in [-0.15, -0.1) is 0 Å². The maximum atomic E-state index is 12.7. The first-order chi connectivity index (χ1) is 16.2. The summed E-state index contributed by atoms with van der Waals surface area (Å²) in [5.74, 6) is 0.919. The Balaban J connectivity index is 1.36. The predicted molar refractivity (Wildman–Crippen MR) is 131 cm³/mol. The zero-order valence-corrected chi connectivity index (χ0v) is 19.4. The summed E-state index contributed by atoms with van der Waals surface area (Å²) in [6, 6.07) is 18.4. The molecule has 1 aliphatic heterocycles. The van der Waals surface area contributed by atoms with Gasteiger partial charge in [-0.25, -0.2) is 4.98 Å². The molecule has 0 radical (unpaired) electrons. The molecule has 4 aromatic rings. The van der Waals surface area contributed by atoms with Crippen molar-refractivity contribution in [1.29, 1.82) is 0 Å². The number of benzene rings is 2. The average molecular weight is 459 g/mol. The van der Waals surface area contributed by atoms with Gasteiger partial charge in [0.15, 0.2) is 5.16 Å². The number of ether oxygens (including phenoxy) is 1. The standard InChI is InChI=1S/C26H26N4O2S/c1-19-3-2-4-21(15-19)18-33-26-28-23-9-10-27-16-24(23)30(26)17-20-5-7-22(8-6-20)25(31)29-11-13-32-14-12-29/h2-10,15-16H,11-14,17-18H2,1H3. The summed E-state index contributed by atoms with van der Waals surface area (Å²) in [6.45, 7) is 5.29. The van der Waals surface area contributed by atoms with E-state index in [0.29, 0.717) is 38.4 Å². The Morgan fingerprint density at radius 3 is 2.67 bits per heavy atom. The number of hydrogen-bond acceptors (Lipinski definition) is 5. The Labute approximate surface area is 197 Å². The summed E-state index contributed by atoms with van der Waals surface area (Å²) in [5.41, 5.74) is 6.33. The van der Waals surface area contributed by atoms with Crippen LogP contribution in [-0.2, 0) is 17.0 Å². The SMILES string of the molecule is Cc1cccc(CSc2nc3ccncc3n2Cc2ccc(C(=O)N3CCOCC3)cc2)c1. The lowest BCUT2D eigenvalue weighted by molar-refractivity contribution is 0.0303. The van der Waals surface area contributed by atoms with Gasteiger partial charge in [0.1, 0.15) is 0 Å². The van der Waals surface area contributed by atoms with Crippen LogP contribution < -0.4 is 0 Å². The average Bonchev–Trinajstić information content (AvgIpc) is 3.20. The largest absolute Gasteiger partial charge is 0.378 e. The van der Waals surface area contributed by atoms with Crippen LogP contribution in [0.1, 0.15) is 27.0 Å². The molecular formula is C26H26N4O2S. The highest BCUT2D eigenvalue weighted by Crippen LogP contribution is 2.27. The van der Waals surface area contributed by atoms with Crippen molar-refractivity contribution < 1.29 is 9.53 Å². The summed E-state index contributed by atoms with van der Waals surface area (Å²) >= 11 is 1.73. The molecular weight excluding hydrogens is 432 g/mol. The van der Waals surface area contributed by atoms with E-state index in [1.807, 2.05) is 41.4 Å². The van der Waals surface area contributed by atoms with E-state index in [4.69, 9.17) is 9.72 Å². The van der Waals surface area contributed by atoms with Crippen LogP contribution in [0, 0.1) is 6.92 Å². The Morgan fingerprint density at radius 1 is 1.06 bits per heavy atom. The number of aryl methyl sites for hydroxylation is 1. The molecule has 33 heavy (non-hydrogen) atoms. The molecule has 5 rings (SSSR count). The van der Waals surface area contributed by atoms with E-state index in [9.17, 15) is 4.79 Å². The van der Waals surface area contributed by atoms with Gasteiger partial charge in [0.05, 0.1) is 37.0 Å². The van der Waals surface area contributed by atoms with E-state index < -0.39 is 0 Å². The molecule has 1 amide bonds. The predicted octanol–water partition coefficient (Wildman–Crippen LogP) is 4.55. The molecule has 0 N–H and O–H groups in total. The van der Waals surface area contributed by atoms with E-state index in [2.05, 4.69) is 40.7 Å².